The molecule has 0 fully saturated rings. The van der Waals surface area contributed by atoms with Gasteiger partial charge in [-0.2, -0.15) is 4.39 Å². The van der Waals surface area contributed by atoms with Gasteiger partial charge in [-0.3, -0.25) is 0 Å². The van der Waals surface area contributed by atoms with Crippen molar-refractivity contribution < 1.29 is 13.2 Å². The first kappa shape index (κ1) is 8.33. The van der Waals surface area contributed by atoms with Crippen molar-refractivity contribution >= 4 is 11.6 Å². The number of hydrogen-bond acceptors (Lipinski definition) is 1. The molecule has 0 amide bonds. The van der Waals surface area contributed by atoms with Crippen LogP contribution < -0.4 is 0 Å². The van der Waals surface area contributed by atoms with Crippen LogP contribution >= 0.6 is 11.6 Å². The number of rotatable bonds is 1. The van der Waals surface area contributed by atoms with Gasteiger partial charge in [-0.1, -0.05) is 11.6 Å². The maximum Gasteiger partial charge on any atom is 0.280 e. The van der Waals surface area contributed by atoms with Gasteiger partial charge in [0.05, 0.1) is 5.02 Å². The molecule has 0 spiro atoms. The summed E-state index contributed by atoms with van der Waals surface area (Å²) in [5.41, 5.74) is -0.605. The third-order valence-corrected chi connectivity index (χ3v) is 1.33. The SMILES string of the molecule is Fc1nc(C(F)F)ccc1Cl. The Labute approximate surface area is 65.8 Å². The highest BCUT2D eigenvalue weighted by Crippen LogP contribution is 2.19. The number of aromatic nitrogens is 1. The van der Waals surface area contributed by atoms with Crippen LogP contribution in [0.3, 0.4) is 0 Å². The van der Waals surface area contributed by atoms with Gasteiger partial charge in [-0.15, -0.1) is 0 Å². The molecule has 60 valence electrons. The summed E-state index contributed by atoms with van der Waals surface area (Å²) in [6.07, 6.45) is -2.76. The van der Waals surface area contributed by atoms with Crippen molar-refractivity contribution in [2.45, 2.75) is 6.43 Å². The third kappa shape index (κ3) is 1.83. The standard InChI is InChI=1S/C6H3ClF3N/c7-3-1-2-4(5(8)9)11-6(3)10/h1-2,5H. The van der Waals surface area contributed by atoms with E-state index in [1.54, 1.807) is 0 Å². The second-order valence-corrected chi connectivity index (χ2v) is 2.22. The summed E-state index contributed by atoms with van der Waals surface area (Å²) in [4.78, 5) is 2.92. The quantitative estimate of drug-likeness (QED) is 0.607. The average Bonchev–Trinajstić information content (AvgIpc) is 1.94. The van der Waals surface area contributed by atoms with E-state index in [0.717, 1.165) is 12.1 Å². The van der Waals surface area contributed by atoms with Crippen molar-refractivity contribution in [3.05, 3.63) is 28.8 Å². The molecule has 0 saturated carbocycles. The maximum absolute atomic E-state index is 12.4. The Morgan fingerprint density at radius 2 is 2.00 bits per heavy atom. The molecule has 0 aliphatic heterocycles. The lowest BCUT2D eigenvalue weighted by molar-refractivity contribution is 0.145. The number of nitrogens with zero attached hydrogens (tertiary/aromatic N) is 1. The molecule has 0 unspecified atom stereocenters. The molecule has 0 radical (unpaired) electrons. The molecule has 5 heteroatoms. The van der Waals surface area contributed by atoms with Crippen molar-refractivity contribution in [1.82, 2.24) is 4.98 Å². The lowest BCUT2D eigenvalue weighted by atomic mass is 10.4. The minimum Gasteiger partial charge on any atom is -0.217 e. The molecule has 1 aromatic heterocycles. The zero-order valence-corrected chi connectivity index (χ0v) is 5.95. The summed E-state index contributed by atoms with van der Waals surface area (Å²) in [6, 6.07) is 2.03. The van der Waals surface area contributed by atoms with Crippen LogP contribution in [0.5, 0.6) is 0 Å². The highest BCUT2D eigenvalue weighted by atomic mass is 35.5. The van der Waals surface area contributed by atoms with Crippen molar-refractivity contribution in [3.63, 3.8) is 0 Å². The fourth-order valence-corrected chi connectivity index (χ4v) is 0.658. The molecular weight excluding hydrogens is 179 g/mol. The Bertz CT molecular complexity index is 264. The topological polar surface area (TPSA) is 12.9 Å². The van der Waals surface area contributed by atoms with Crippen LogP contribution in [0, 0.1) is 5.95 Å². The monoisotopic (exact) mass is 181 g/mol. The summed E-state index contributed by atoms with van der Waals surface area (Å²) in [6.45, 7) is 0. The van der Waals surface area contributed by atoms with Gasteiger partial charge < -0.3 is 0 Å². The van der Waals surface area contributed by atoms with E-state index in [2.05, 4.69) is 4.98 Å². The number of alkyl halides is 2. The van der Waals surface area contributed by atoms with E-state index in [-0.39, 0.29) is 5.02 Å². The fourth-order valence-electron chi connectivity index (χ4n) is 0.553. The summed E-state index contributed by atoms with van der Waals surface area (Å²) < 4.78 is 36.0. The first-order valence-corrected chi connectivity index (χ1v) is 3.09. The first-order valence-electron chi connectivity index (χ1n) is 2.71. The summed E-state index contributed by atoms with van der Waals surface area (Å²) in [5.74, 6) is -1.07. The first-order chi connectivity index (χ1) is 5.11. The number of pyridine rings is 1. The molecule has 11 heavy (non-hydrogen) atoms. The minimum absolute atomic E-state index is 0.255. The van der Waals surface area contributed by atoms with Crippen molar-refractivity contribution in [1.29, 1.82) is 0 Å². The van der Waals surface area contributed by atoms with Crippen LogP contribution in [0.4, 0.5) is 13.2 Å². The normalized spacial score (nSPS) is 10.6. The van der Waals surface area contributed by atoms with E-state index in [0.29, 0.717) is 0 Å². The van der Waals surface area contributed by atoms with Gasteiger partial charge in [0.2, 0.25) is 5.95 Å². The van der Waals surface area contributed by atoms with E-state index in [9.17, 15) is 13.2 Å². The Hall–Kier alpha value is -0.770. The molecule has 1 aromatic rings. The second kappa shape index (κ2) is 3.09. The Morgan fingerprint density at radius 1 is 1.36 bits per heavy atom. The molecule has 0 N–H and O–H groups in total. The average molecular weight is 182 g/mol. The van der Waals surface area contributed by atoms with Crippen molar-refractivity contribution in [3.8, 4) is 0 Å². The van der Waals surface area contributed by atoms with Gasteiger partial charge in [-0.05, 0) is 12.1 Å². The zero-order valence-electron chi connectivity index (χ0n) is 5.19. The molecule has 1 heterocycles. The van der Waals surface area contributed by atoms with E-state index in [4.69, 9.17) is 11.6 Å². The van der Waals surface area contributed by atoms with Gasteiger partial charge in [0.1, 0.15) is 5.69 Å². The van der Waals surface area contributed by atoms with E-state index >= 15 is 0 Å². The molecule has 0 aromatic carbocycles. The van der Waals surface area contributed by atoms with Gasteiger partial charge in [0.25, 0.3) is 6.43 Å². The molecule has 0 aliphatic carbocycles. The zero-order chi connectivity index (χ0) is 8.43. The molecule has 0 saturated heterocycles. The Balaban J connectivity index is 3.05. The molecule has 0 aliphatic rings. The van der Waals surface area contributed by atoms with Gasteiger partial charge >= 0.3 is 0 Å². The lowest BCUT2D eigenvalue weighted by Gasteiger charge is -1.98. The third-order valence-electron chi connectivity index (χ3n) is 1.05. The fraction of sp³-hybridized carbons (Fsp3) is 0.167. The Kier molecular flexibility index (Phi) is 2.34. The largest absolute Gasteiger partial charge is 0.280 e. The maximum atomic E-state index is 12.4. The smallest absolute Gasteiger partial charge is 0.217 e. The second-order valence-electron chi connectivity index (χ2n) is 1.81. The van der Waals surface area contributed by atoms with Crippen molar-refractivity contribution in [2.75, 3.05) is 0 Å². The van der Waals surface area contributed by atoms with Crippen LogP contribution in [-0.4, -0.2) is 4.98 Å². The van der Waals surface area contributed by atoms with Gasteiger partial charge in [0, 0.05) is 0 Å². The minimum atomic E-state index is -2.76. The van der Waals surface area contributed by atoms with Crippen molar-refractivity contribution in [2.24, 2.45) is 0 Å². The number of hydrogen-bond donors (Lipinski definition) is 0. The van der Waals surface area contributed by atoms with E-state index in [1.165, 1.54) is 0 Å². The van der Waals surface area contributed by atoms with Crippen LogP contribution in [0.2, 0.25) is 5.02 Å². The van der Waals surface area contributed by atoms with Crippen LogP contribution in [0.15, 0.2) is 12.1 Å². The van der Waals surface area contributed by atoms with E-state index < -0.39 is 18.1 Å². The van der Waals surface area contributed by atoms with Crippen LogP contribution in [-0.2, 0) is 0 Å². The lowest BCUT2D eigenvalue weighted by Crippen LogP contribution is -1.92. The predicted octanol–water partition coefficient (Wildman–Crippen LogP) is 2.81. The number of halogens is 4. The highest BCUT2D eigenvalue weighted by molar-refractivity contribution is 6.30. The predicted molar refractivity (Wildman–Crippen MR) is 34.2 cm³/mol. The van der Waals surface area contributed by atoms with Gasteiger partial charge in [-0.25, -0.2) is 13.8 Å². The Morgan fingerprint density at radius 3 is 2.45 bits per heavy atom. The molecule has 1 nitrogen and oxygen atoms in total. The van der Waals surface area contributed by atoms with Crippen LogP contribution in [0.1, 0.15) is 12.1 Å². The molecule has 0 bridgehead atoms. The summed E-state index contributed by atoms with van der Waals surface area (Å²) in [7, 11) is 0. The molecular formula is C6H3ClF3N. The van der Waals surface area contributed by atoms with E-state index in [1.807, 2.05) is 0 Å². The highest BCUT2D eigenvalue weighted by Gasteiger charge is 2.10. The summed E-state index contributed by atoms with van der Waals surface area (Å²) >= 11 is 5.20. The molecule has 0 atom stereocenters. The summed E-state index contributed by atoms with van der Waals surface area (Å²) in [5, 5.41) is -0.255. The molecule has 1 rings (SSSR count). The van der Waals surface area contributed by atoms with Gasteiger partial charge in [0.15, 0.2) is 0 Å². The van der Waals surface area contributed by atoms with Crippen LogP contribution in [0.25, 0.3) is 0 Å².